The first-order chi connectivity index (χ1) is 14.5. The molecule has 1 heterocycles. The minimum Gasteiger partial charge on any atom is -0.494 e. The number of fused-ring (bicyclic) bond motifs is 1. The van der Waals surface area contributed by atoms with Crippen LogP contribution >= 0.6 is 23.5 Å². The van der Waals surface area contributed by atoms with Crippen molar-refractivity contribution in [3.8, 4) is 17.9 Å². The Balaban J connectivity index is 2.05. The summed E-state index contributed by atoms with van der Waals surface area (Å²) in [7, 11) is 0. The second kappa shape index (κ2) is 9.12. The highest BCUT2D eigenvalue weighted by Gasteiger charge is 2.91. The van der Waals surface area contributed by atoms with Crippen molar-refractivity contribution in [1.29, 1.82) is 10.5 Å². The van der Waals surface area contributed by atoms with Gasteiger partial charge in [0, 0.05) is 5.92 Å². The highest BCUT2D eigenvalue weighted by atomic mass is 32.2. The summed E-state index contributed by atoms with van der Waals surface area (Å²) in [6.07, 6.45) is 4.25. The molecule has 1 fully saturated rings. The van der Waals surface area contributed by atoms with Gasteiger partial charge in [0.1, 0.15) is 22.4 Å². The normalized spacial score (nSPS) is 28.2. The zero-order valence-corrected chi connectivity index (χ0v) is 19.6. The van der Waals surface area contributed by atoms with E-state index in [1.54, 1.807) is 23.5 Å². The highest BCUT2D eigenvalue weighted by molar-refractivity contribution is 8.18. The number of benzene rings is 1. The molecule has 2 N–H and O–H groups in total. The number of hydrogen-bond donors (Lipinski definition) is 1. The third kappa shape index (κ3) is 3.18. The number of thioether (sulfide) groups is 2. The summed E-state index contributed by atoms with van der Waals surface area (Å²) in [6.45, 7) is 6.85. The zero-order valence-electron chi connectivity index (χ0n) is 18.0. The summed E-state index contributed by atoms with van der Waals surface area (Å²) >= 11 is 3.41. The van der Waals surface area contributed by atoms with Crippen molar-refractivity contribution in [2.45, 2.75) is 56.6 Å². The van der Waals surface area contributed by atoms with Crippen molar-refractivity contribution in [1.82, 2.24) is 0 Å². The van der Waals surface area contributed by atoms with Gasteiger partial charge >= 0.3 is 0 Å². The Hall–Kier alpha value is -1.83. The second-order valence-corrected chi connectivity index (χ2v) is 10.6. The van der Waals surface area contributed by atoms with E-state index in [0.717, 1.165) is 48.5 Å². The Morgan fingerprint density at radius 1 is 1.03 bits per heavy atom. The lowest BCUT2D eigenvalue weighted by molar-refractivity contribution is 0.340. The fourth-order valence-corrected chi connectivity index (χ4v) is 8.17. The van der Waals surface area contributed by atoms with Crippen molar-refractivity contribution < 1.29 is 4.74 Å². The first kappa shape index (κ1) is 22.8. The van der Waals surface area contributed by atoms with Crippen LogP contribution in [-0.4, -0.2) is 28.2 Å². The van der Waals surface area contributed by atoms with Crippen LogP contribution in [0.1, 0.15) is 57.9 Å². The molecule has 3 rings (SSSR count). The molecule has 0 bridgehead atoms. The van der Waals surface area contributed by atoms with Crippen molar-refractivity contribution in [3.05, 3.63) is 29.8 Å². The highest BCUT2D eigenvalue weighted by Crippen LogP contribution is 2.85. The smallest absolute Gasteiger partial charge is 0.175 e. The van der Waals surface area contributed by atoms with Gasteiger partial charge in [0.15, 0.2) is 4.20 Å². The van der Waals surface area contributed by atoms with Gasteiger partial charge in [-0.05, 0) is 49.0 Å². The first-order valence-electron chi connectivity index (χ1n) is 10.7. The Morgan fingerprint density at radius 3 is 2.10 bits per heavy atom. The second-order valence-electron chi connectivity index (χ2n) is 7.76. The maximum atomic E-state index is 10.5. The molecule has 1 aliphatic carbocycles. The van der Waals surface area contributed by atoms with Gasteiger partial charge in [-0.15, -0.1) is 23.5 Å². The van der Waals surface area contributed by atoms with Crippen LogP contribution in [0.4, 0.5) is 0 Å². The molecule has 0 radical (unpaired) electrons. The maximum Gasteiger partial charge on any atom is 0.175 e. The fraction of sp³-hybridized carbons (Fsp3) is 0.609. The predicted octanol–water partition coefficient (Wildman–Crippen LogP) is 5.29. The fourth-order valence-electron chi connectivity index (χ4n) is 4.49. The molecule has 0 amide bonds. The van der Waals surface area contributed by atoms with Gasteiger partial charge in [-0.1, -0.05) is 38.8 Å². The average molecular weight is 443 g/mol. The zero-order chi connectivity index (χ0) is 21.8. The molecule has 1 aromatic carbocycles. The summed E-state index contributed by atoms with van der Waals surface area (Å²) in [5.41, 5.74) is 5.38. The summed E-state index contributed by atoms with van der Waals surface area (Å²) in [6, 6.07) is 12.8. The number of rotatable bonds is 11. The van der Waals surface area contributed by atoms with Crippen LogP contribution in [-0.2, 0) is 0 Å². The molecule has 1 aliphatic heterocycles. The van der Waals surface area contributed by atoms with E-state index in [4.69, 9.17) is 15.5 Å². The number of nitrogens with two attached hydrogens (primary N) is 1. The molecule has 1 aromatic rings. The Labute approximate surface area is 188 Å². The minimum atomic E-state index is -1.06. The van der Waals surface area contributed by atoms with Crippen LogP contribution in [0.3, 0.4) is 0 Å². The van der Waals surface area contributed by atoms with E-state index in [1.807, 2.05) is 31.2 Å². The van der Waals surface area contributed by atoms with Crippen LogP contribution in [0.15, 0.2) is 29.3 Å². The molecule has 5 nitrogen and oxygen atoms in total. The summed E-state index contributed by atoms with van der Waals surface area (Å²) in [4.78, 5) is 4.85. The lowest BCUT2D eigenvalue weighted by Crippen LogP contribution is -2.32. The van der Waals surface area contributed by atoms with Gasteiger partial charge in [-0.2, -0.15) is 10.5 Å². The molecule has 7 heteroatoms. The van der Waals surface area contributed by atoms with Crippen molar-refractivity contribution >= 4 is 29.4 Å². The van der Waals surface area contributed by atoms with Gasteiger partial charge in [-0.3, -0.25) is 0 Å². The minimum absolute atomic E-state index is 0.281. The molecule has 0 aromatic heterocycles. The largest absolute Gasteiger partial charge is 0.494 e. The molecular weight excluding hydrogens is 412 g/mol. The molecule has 0 saturated heterocycles. The Morgan fingerprint density at radius 2 is 1.63 bits per heavy atom. The van der Waals surface area contributed by atoms with Gasteiger partial charge in [-0.25, -0.2) is 4.99 Å². The van der Waals surface area contributed by atoms with Crippen LogP contribution in [0.2, 0.25) is 0 Å². The lowest BCUT2D eigenvalue weighted by Gasteiger charge is -2.32. The summed E-state index contributed by atoms with van der Waals surface area (Å²) in [5, 5.41) is 20.8. The molecule has 1 saturated carbocycles. The molecule has 3 unspecified atom stereocenters. The number of aliphatic imine (C=N–C) groups is 1. The molecule has 30 heavy (non-hydrogen) atoms. The Kier molecular flexibility index (Phi) is 6.95. The van der Waals surface area contributed by atoms with Gasteiger partial charge in [0.2, 0.25) is 0 Å². The monoisotopic (exact) mass is 442 g/mol. The molecule has 0 spiro atoms. The van der Waals surface area contributed by atoms with Crippen LogP contribution in [0, 0.1) is 33.5 Å². The quantitative estimate of drug-likeness (QED) is 0.369. The van der Waals surface area contributed by atoms with Crippen LogP contribution < -0.4 is 10.5 Å². The number of nitrogens with zero attached hydrogens (tertiary/aromatic N) is 3. The van der Waals surface area contributed by atoms with E-state index in [2.05, 4.69) is 26.0 Å². The van der Waals surface area contributed by atoms with Crippen LogP contribution in [0.25, 0.3) is 0 Å². The summed E-state index contributed by atoms with van der Waals surface area (Å²) < 4.78 is 4.82. The van der Waals surface area contributed by atoms with E-state index < -0.39 is 15.0 Å². The van der Waals surface area contributed by atoms with Crippen molar-refractivity contribution in [2.24, 2.45) is 21.6 Å². The predicted molar refractivity (Wildman–Crippen MR) is 126 cm³/mol. The average Bonchev–Trinajstić information content (AvgIpc) is 3.33. The van der Waals surface area contributed by atoms with Gasteiger partial charge in [0.05, 0.1) is 18.7 Å². The number of unbranched alkanes of at least 4 members (excludes halogenated alkanes) is 2. The summed E-state index contributed by atoms with van der Waals surface area (Å²) in [5.74, 6) is 2.61. The van der Waals surface area contributed by atoms with Crippen molar-refractivity contribution in [2.75, 3.05) is 18.1 Å². The first-order valence-corrected chi connectivity index (χ1v) is 12.7. The molecule has 160 valence electrons. The molecular formula is C23H30N4OS2. The van der Waals surface area contributed by atoms with Crippen LogP contribution in [0.5, 0.6) is 5.75 Å². The topological polar surface area (TPSA) is 95.2 Å². The number of nitriles is 2. The van der Waals surface area contributed by atoms with Gasteiger partial charge < -0.3 is 10.5 Å². The standard InChI is InChI=1S/C23H30N4OS2/c1-4-7-13-29-23(30-14-8-5-2)22(16-25)19(21(22,15-24)20(26)27-23)17-9-11-18(12-10-17)28-6-3/h9-12,19H,4-8,13-14H2,1-3H3,(H2,26,27). The molecule has 2 aliphatic rings. The number of hydrogen-bond acceptors (Lipinski definition) is 7. The van der Waals surface area contributed by atoms with Gasteiger partial charge in [0.25, 0.3) is 0 Å². The Bertz CT molecular complexity index is 863. The maximum absolute atomic E-state index is 10.5. The van der Waals surface area contributed by atoms with E-state index in [1.165, 1.54) is 0 Å². The van der Waals surface area contributed by atoms with E-state index in [-0.39, 0.29) is 5.92 Å². The SMILES string of the molecule is CCCCSC1(SCCCC)N=C(N)C2(C#N)C(c3ccc(OCC)cc3)C12C#N. The van der Waals surface area contributed by atoms with E-state index in [9.17, 15) is 10.5 Å². The van der Waals surface area contributed by atoms with E-state index in [0.29, 0.717) is 12.4 Å². The number of amidine groups is 1. The third-order valence-corrected chi connectivity index (χ3v) is 9.34. The number of ether oxygens (including phenoxy) is 1. The molecule has 3 atom stereocenters. The third-order valence-electron chi connectivity index (χ3n) is 6.04. The lowest BCUT2D eigenvalue weighted by atomic mass is 9.97. The van der Waals surface area contributed by atoms with E-state index >= 15 is 0 Å². The van der Waals surface area contributed by atoms with Crippen molar-refractivity contribution in [3.63, 3.8) is 0 Å².